The maximum absolute atomic E-state index is 12.0. The fourth-order valence-corrected chi connectivity index (χ4v) is 6.94. The topological polar surface area (TPSA) is 113 Å². The third-order valence-electron chi connectivity index (χ3n) is 4.02. The molecule has 0 saturated carbocycles. The molecule has 3 rings (SSSR count). The summed E-state index contributed by atoms with van der Waals surface area (Å²) in [5.41, 5.74) is 1.78. The van der Waals surface area contributed by atoms with Gasteiger partial charge in [0.1, 0.15) is 13.2 Å². The number of carboxylic acid groups (broad SMARTS) is 1. The second-order valence-corrected chi connectivity index (χ2v) is 9.54. The largest absolute Gasteiger partial charge is 0.480 e. The summed E-state index contributed by atoms with van der Waals surface area (Å²) < 4.78 is 28.8. The highest BCUT2D eigenvalue weighted by Crippen LogP contribution is 2.41. The van der Waals surface area contributed by atoms with Gasteiger partial charge in [-0.15, -0.1) is 0 Å². The van der Waals surface area contributed by atoms with Gasteiger partial charge in [-0.1, -0.05) is 23.9 Å². The van der Waals surface area contributed by atoms with Crippen LogP contribution in [0.1, 0.15) is 5.56 Å². The maximum atomic E-state index is 12.0. The number of carboxylic acids is 1. The number of aryl methyl sites for hydroxylation is 1. The second kappa shape index (κ2) is 7.37. The molecule has 0 aromatic heterocycles. The van der Waals surface area contributed by atoms with E-state index in [0.29, 0.717) is 5.17 Å². The number of ether oxygens (including phenoxy) is 1. The lowest BCUT2D eigenvalue weighted by Crippen LogP contribution is -2.37. The first-order valence-electron chi connectivity index (χ1n) is 7.89. The minimum absolute atomic E-state index is 0.0152. The van der Waals surface area contributed by atoms with E-state index in [1.54, 1.807) is 4.90 Å². The number of hydrogen-bond acceptors (Lipinski definition) is 6. The molecule has 1 amide bonds. The average Bonchev–Trinajstić information content (AvgIpc) is 2.97. The lowest BCUT2D eigenvalue weighted by Gasteiger charge is -2.24. The van der Waals surface area contributed by atoms with Crippen molar-refractivity contribution in [3.8, 4) is 0 Å². The third-order valence-corrected chi connectivity index (χ3v) is 7.23. The van der Waals surface area contributed by atoms with E-state index < -0.39 is 34.9 Å². The number of carbonyl (C=O) groups excluding carboxylic acids is 1. The number of hydrogen-bond donors (Lipinski definition) is 1. The smallest absolute Gasteiger partial charge is 0.329 e. The number of benzene rings is 1. The van der Waals surface area contributed by atoms with Crippen LogP contribution in [0.25, 0.3) is 0 Å². The highest BCUT2D eigenvalue weighted by atomic mass is 32.2. The van der Waals surface area contributed by atoms with Gasteiger partial charge in [0.25, 0.3) is 5.91 Å². The highest BCUT2D eigenvalue weighted by Gasteiger charge is 2.49. The molecular formula is C16H18N2O6S2. The van der Waals surface area contributed by atoms with E-state index in [2.05, 4.69) is 4.99 Å². The molecule has 1 N–H and O–H groups in total. The number of rotatable bonds is 5. The van der Waals surface area contributed by atoms with Gasteiger partial charge in [0.2, 0.25) is 0 Å². The van der Waals surface area contributed by atoms with Crippen LogP contribution in [0.3, 0.4) is 0 Å². The van der Waals surface area contributed by atoms with Crippen molar-refractivity contribution in [2.75, 3.05) is 29.6 Å². The Kier molecular flexibility index (Phi) is 5.35. The van der Waals surface area contributed by atoms with Crippen molar-refractivity contribution >= 4 is 44.3 Å². The van der Waals surface area contributed by atoms with Crippen LogP contribution < -0.4 is 4.90 Å². The Balaban J connectivity index is 1.85. The van der Waals surface area contributed by atoms with Crippen molar-refractivity contribution in [1.29, 1.82) is 0 Å². The third kappa shape index (κ3) is 4.25. The standard InChI is InChI=1S/C16H18N2O6S2/c1-10-3-2-4-11(5-10)18-12-8-26(22,23)9-13(12)25-16(18)17-14(19)6-24-7-15(20)21/h2-5,12-13H,6-9H2,1H3,(H,20,21)/t12-,13+/m1/s1. The predicted octanol–water partition coefficient (Wildman–Crippen LogP) is 0.698. The minimum Gasteiger partial charge on any atom is -0.480 e. The highest BCUT2D eigenvalue weighted by molar-refractivity contribution is 8.16. The number of aliphatic imine (C=N–C) groups is 1. The van der Waals surface area contributed by atoms with Crippen LogP contribution in [0.15, 0.2) is 29.3 Å². The van der Waals surface area contributed by atoms with Crippen LogP contribution in [0.5, 0.6) is 0 Å². The van der Waals surface area contributed by atoms with Crippen LogP contribution in [0, 0.1) is 6.92 Å². The molecule has 8 nitrogen and oxygen atoms in total. The van der Waals surface area contributed by atoms with Crippen LogP contribution in [0.2, 0.25) is 0 Å². The molecule has 2 atom stereocenters. The van der Waals surface area contributed by atoms with Gasteiger partial charge in [0, 0.05) is 10.9 Å². The van der Waals surface area contributed by atoms with E-state index in [9.17, 15) is 18.0 Å². The van der Waals surface area contributed by atoms with Gasteiger partial charge < -0.3 is 14.7 Å². The van der Waals surface area contributed by atoms with E-state index >= 15 is 0 Å². The van der Waals surface area contributed by atoms with Crippen molar-refractivity contribution in [3.05, 3.63) is 29.8 Å². The molecule has 2 saturated heterocycles. The Bertz CT molecular complexity index is 867. The molecule has 2 aliphatic heterocycles. The molecule has 2 aliphatic rings. The van der Waals surface area contributed by atoms with Crippen molar-refractivity contribution in [3.63, 3.8) is 0 Å². The van der Waals surface area contributed by atoms with E-state index in [-0.39, 0.29) is 22.8 Å². The van der Waals surface area contributed by atoms with Gasteiger partial charge in [0.05, 0.1) is 17.5 Å². The molecule has 0 bridgehead atoms. The zero-order valence-corrected chi connectivity index (χ0v) is 15.6. The fourth-order valence-electron chi connectivity index (χ4n) is 3.01. The summed E-state index contributed by atoms with van der Waals surface area (Å²) in [6.45, 7) is 0.914. The summed E-state index contributed by atoms with van der Waals surface area (Å²) in [4.78, 5) is 28.3. The van der Waals surface area contributed by atoms with Gasteiger partial charge in [-0.05, 0) is 24.6 Å². The Labute approximate surface area is 155 Å². The summed E-state index contributed by atoms with van der Waals surface area (Å²) in [6.07, 6.45) is 0. The van der Waals surface area contributed by atoms with Crippen LogP contribution in [-0.2, 0) is 24.2 Å². The molecule has 1 aromatic rings. The van der Waals surface area contributed by atoms with Crippen molar-refractivity contribution in [2.24, 2.45) is 4.99 Å². The summed E-state index contributed by atoms with van der Waals surface area (Å²) in [7, 11) is -3.12. The number of carbonyl (C=O) groups is 2. The SMILES string of the molecule is Cc1cccc(N2C(=NC(=O)COCC(=O)O)S[C@H]3CS(=O)(=O)C[C@H]32)c1. The maximum Gasteiger partial charge on any atom is 0.329 e. The van der Waals surface area contributed by atoms with Crippen LogP contribution >= 0.6 is 11.8 Å². The van der Waals surface area contributed by atoms with Gasteiger partial charge in [-0.2, -0.15) is 4.99 Å². The van der Waals surface area contributed by atoms with Crippen molar-refractivity contribution in [2.45, 2.75) is 18.2 Å². The first-order valence-corrected chi connectivity index (χ1v) is 10.6. The first kappa shape index (κ1) is 18.9. The lowest BCUT2D eigenvalue weighted by atomic mass is 10.1. The molecule has 2 fully saturated rings. The molecule has 26 heavy (non-hydrogen) atoms. The molecule has 0 radical (unpaired) electrons. The average molecular weight is 398 g/mol. The lowest BCUT2D eigenvalue weighted by molar-refractivity contribution is -0.143. The summed E-state index contributed by atoms with van der Waals surface area (Å²) in [5.74, 6) is -1.70. The molecule has 0 aliphatic carbocycles. The number of sulfone groups is 1. The number of thioether (sulfide) groups is 1. The van der Waals surface area contributed by atoms with Gasteiger partial charge in [-0.25, -0.2) is 13.2 Å². The van der Waals surface area contributed by atoms with Gasteiger partial charge in [0.15, 0.2) is 15.0 Å². The second-order valence-electron chi connectivity index (χ2n) is 6.18. The predicted molar refractivity (Wildman–Crippen MR) is 98.4 cm³/mol. The number of amidine groups is 1. The Morgan fingerprint density at radius 3 is 2.81 bits per heavy atom. The summed E-state index contributed by atoms with van der Waals surface area (Å²) >= 11 is 1.26. The zero-order valence-electron chi connectivity index (χ0n) is 14.0. The molecule has 0 spiro atoms. The Hall–Kier alpha value is -1.91. The molecule has 2 heterocycles. The molecule has 10 heteroatoms. The molecule has 140 valence electrons. The Morgan fingerprint density at radius 2 is 2.12 bits per heavy atom. The number of anilines is 1. The monoisotopic (exact) mass is 398 g/mol. The fraction of sp³-hybridized carbons (Fsp3) is 0.438. The number of aliphatic carboxylic acids is 1. The van der Waals surface area contributed by atoms with Crippen molar-refractivity contribution in [1.82, 2.24) is 0 Å². The minimum atomic E-state index is -3.12. The summed E-state index contributed by atoms with van der Waals surface area (Å²) in [6, 6.07) is 7.27. The van der Waals surface area contributed by atoms with Crippen LogP contribution in [-0.4, -0.2) is 66.6 Å². The quantitative estimate of drug-likeness (QED) is 0.771. The first-order chi connectivity index (χ1) is 12.2. The zero-order chi connectivity index (χ0) is 18.9. The number of amides is 1. The normalized spacial score (nSPS) is 25.4. The number of fused-ring (bicyclic) bond motifs is 1. The summed E-state index contributed by atoms with van der Waals surface area (Å²) in [5, 5.41) is 8.78. The van der Waals surface area contributed by atoms with E-state index in [1.807, 2.05) is 31.2 Å². The molecular weight excluding hydrogens is 380 g/mol. The van der Waals surface area contributed by atoms with Crippen LogP contribution in [0.4, 0.5) is 5.69 Å². The van der Waals surface area contributed by atoms with E-state index in [1.165, 1.54) is 11.8 Å². The van der Waals surface area contributed by atoms with E-state index in [4.69, 9.17) is 9.84 Å². The van der Waals surface area contributed by atoms with Gasteiger partial charge >= 0.3 is 5.97 Å². The van der Waals surface area contributed by atoms with E-state index in [0.717, 1.165) is 11.3 Å². The Morgan fingerprint density at radius 1 is 1.35 bits per heavy atom. The van der Waals surface area contributed by atoms with Crippen molar-refractivity contribution < 1.29 is 27.9 Å². The molecule has 1 aromatic carbocycles. The number of nitrogens with zero attached hydrogens (tertiary/aromatic N) is 2. The molecule has 0 unspecified atom stereocenters. The van der Waals surface area contributed by atoms with Gasteiger partial charge in [-0.3, -0.25) is 4.79 Å².